The summed E-state index contributed by atoms with van der Waals surface area (Å²) in [6.07, 6.45) is 0.245. The molecule has 0 saturated carbocycles. The molecule has 1 atom stereocenters. The molecule has 1 saturated heterocycles. The Balaban J connectivity index is 2.31. The Labute approximate surface area is 103 Å². The molecule has 6 heteroatoms. The van der Waals surface area contributed by atoms with Crippen molar-refractivity contribution >= 4 is 34.9 Å². The number of nitrogens with zero attached hydrogens (tertiary/aromatic N) is 2. The van der Waals surface area contributed by atoms with Crippen LogP contribution in [0.15, 0.2) is 0 Å². The van der Waals surface area contributed by atoms with Crippen LogP contribution < -0.4 is 0 Å². The van der Waals surface area contributed by atoms with Crippen LogP contribution >= 0.6 is 22.9 Å². The molecule has 0 aromatic rings. The SMILES string of the molecule is COC(=O)N(I)CCN1CC(C)CC1=O. The van der Waals surface area contributed by atoms with Crippen LogP contribution in [0, 0.1) is 5.92 Å². The van der Waals surface area contributed by atoms with Crippen molar-refractivity contribution in [1.29, 1.82) is 0 Å². The number of methoxy groups -OCH3 is 1. The Kier molecular flexibility index (Phi) is 4.62. The third kappa shape index (κ3) is 3.51. The van der Waals surface area contributed by atoms with E-state index in [2.05, 4.69) is 11.7 Å². The summed E-state index contributed by atoms with van der Waals surface area (Å²) in [6.45, 7) is 3.94. The van der Waals surface area contributed by atoms with Crippen molar-refractivity contribution in [3.8, 4) is 0 Å². The van der Waals surface area contributed by atoms with Gasteiger partial charge in [0, 0.05) is 19.5 Å². The molecule has 0 radical (unpaired) electrons. The molecule has 1 rings (SSSR count). The Bertz CT molecular complexity index is 260. The van der Waals surface area contributed by atoms with E-state index in [1.165, 1.54) is 10.2 Å². The standard InChI is InChI=1S/C9H15IN2O3/c1-7-5-8(13)11(6-7)3-4-12(10)9(14)15-2/h7H,3-6H2,1-2H3. The van der Waals surface area contributed by atoms with Crippen molar-refractivity contribution in [2.24, 2.45) is 5.92 Å². The fourth-order valence-corrected chi connectivity index (χ4v) is 2.00. The van der Waals surface area contributed by atoms with Crippen molar-refractivity contribution in [1.82, 2.24) is 8.01 Å². The van der Waals surface area contributed by atoms with E-state index in [-0.39, 0.29) is 12.0 Å². The van der Waals surface area contributed by atoms with Crippen LogP contribution in [0.25, 0.3) is 0 Å². The van der Waals surface area contributed by atoms with Gasteiger partial charge in [0.1, 0.15) is 0 Å². The average molecular weight is 326 g/mol. The van der Waals surface area contributed by atoms with Crippen molar-refractivity contribution in [3.05, 3.63) is 0 Å². The lowest BCUT2D eigenvalue weighted by atomic mass is 10.2. The van der Waals surface area contributed by atoms with Gasteiger partial charge in [0.25, 0.3) is 0 Å². The zero-order valence-corrected chi connectivity index (χ0v) is 11.1. The summed E-state index contributed by atoms with van der Waals surface area (Å²) in [6, 6.07) is 0. The highest BCUT2D eigenvalue weighted by atomic mass is 127. The van der Waals surface area contributed by atoms with Crippen LogP contribution in [0.2, 0.25) is 0 Å². The van der Waals surface area contributed by atoms with Gasteiger partial charge in [-0.25, -0.2) is 7.91 Å². The zero-order valence-electron chi connectivity index (χ0n) is 8.90. The molecule has 86 valence electrons. The van der Waals surface area contributed by atoms with Crippen LogP contribution in [0.3, 0.4) is 0 Å². The van der Waals surface area contributed by atoms with Crippen LogP contribution in [-0.2, 0) is 9.53 Å². The molecule has 2 amide bonds. The van der Waals surface area contributed by atoms with Gasteiger partial charge < -0.3 is 9.64 Å². The summed E-state index contributed by atoms with van der Waals surface area (Å²) in [5.41, 5.74) is 0. The Hall–Kier alpha value is -0.530. The van der Waals surface area contributed by atoms with Gasteiger partial charge in [0.05, 0.1) is 36.5 Å². The number of hydrogen-bond donors (Lipinski definition) is 0. The number of ether oxygens (including phenoxy) is 1. The second-order valence-corrected chi connectivity index (χ2v) is 4.87. The second-order valence-electron chi connectivity index (χ2n) is 3.70. The minimum atomic E-state index is -0.379. The molecule has 1 unspecified atom stereocenters. The predicted molar refractivity (Wildman–Crippen MR) is 63.5 cm³/mol. The molecule has 0 spiro atoms. The molecule has 0 aromatic heterocycles. The minimum absolute atomic E-state index is 0.178. The topological polar surface area (TPSA) is 49.9 Å². The summed E-state index contributed by atoms with van der Waals surface area (Å²) in [4.78, 5) is 24.3. The van der Waals surface area contributed by atoms with Gasteiger partial charge in [-0.05, 0) is 5.92 Å². The Morgan fingerprint density at radius 1 is 1.73 bits per heavy atom. The molecular weight excluding hydrogens is 311 g/mol. The van der Waals surface area contributed by atoms with Gasteiger partial charge in [0.2, 0.25) is 5.91 Å². The second kappa shape index (κ2) is 5.53. The molecule has 1 heterocycles. The number of rotatable bonds is 3. The number of likely N-dealkylation sites (tertiary alicyclic amines) is 1. The van der Waals surface area contributed by atoms with Gasteiger partial charge in [-0.3, -0.25) is 4.79 Å². The first-order valence-electron chi connectivity index (χ1n) is 4.83. The molecule has 1 fully saturated rings. The van der Waals surface area contributed by atoms with Gasteiger partial charge in [-0.1, -0.05) is 6.92 Å². The van der Waals surface area contributed by atoms with Crippen molar-refractivity contribution in [2.75, 3.05) is 26.7 Å². The highest BCUT2D eigenvalue weighted by molar-refractivity contribution is 14.1. The summed E-state index contributed by atoms with van der Waals surface area (Å²) >= 11 is 1.89. The lowest BCUT2D eigenvalue weighted by molar-refractivity contribution is -0.127. The Morgan fingerprint density at radius 3 is 2.87 bits per heavy atom. The van der Waals surface area contributed by atoms with Gasteiger partial charge in [-0.15, -0.1) is 0 Å². The fraction of sp³-hybridized carbons (Fsp3) is 0.778. The molecule has 5 nitrogen and oxygen atoms in total. The first-order valence-corrected chi connectivity index (χ1v) is 5.80. The van der Waals surface area contributed by atoms with E-state index >= 15 is 0 Å². The third-order valence-corrected chi connectivity index (χ3v) is 3.22. The maximum absolute atomic E-state index is 11.4. The highest BCUT2D eigenvalue weighted by Gasteiger charge is 2.26. The van der Waals surface area contributed by atoms with E-state index in [9.17, 15) is 9.59 Å². The molecular formula is C9H15IN2O3. The van der Waals surface area contributed by atoms with Crippen LogP contribution in [-0.4, -0.2) is 46.8 Å². The maximum atomic E-state index is 11.4. The van der Waals surface area contributed by atoms with Crippen molar-refractivity contribution < 1.29 is 14.3 Å². The lowest BCUT2D eigenvalue weighted by Gasteiger charge is -2.19. The quantitative estimate of drug-likeness (QED) is 0.580. The Morgan fingerprint density at radius 2 is 2.40 bits per heavy atom. The predicted octanol–water partition coefficient (Wildman–Crippen LogP) is 1.27. The number of carbonyl (C=O) groups is 2. The molecule has 0 aromatic carbocycles. The fourth-order valence-electron chi connectivity index (χ4n) is 1.58. The summed E-state index contributed by atoms with van der Waals surface area (Å²) < 4.78 is 5.99. The van der Waals surface area contributed by atoms with E-state index < -0.39 is 0 Å². The number of hydrogen-bond acceptors (Lipinski definition) is 3. The van der Waals surface area contributed by atoms with Gasteiger partial charge in [-0.2, -0.15) is 0 Å². The monoisotopic (exact) mass is 326 g/mol. The van der Waals surface area contributed by atoms with E-state index in [0.29, 0.717) is 25.4 Å². The van der Waals surface area contributed by atoms with Crippen molar-refractivity contribution in [2.45, 2.75) is 13.3 Å². The first kappa shape index (κ1) is 12.5. The number of amides is 2. The van der Waals surface area contributed by atoms with E-state index in [0.717, 1.165) is 6.54 Å². The first-order chi connectivity index (χ1) is 7.04. The molecule has 1 aliphatic heterocycles. The summed E-state index contributed by atoms with van der Waals surface area (Å²) in [5.74, 6) is 0.607. The number of carbonyl (C=O) groups excluding carboxylic acids is 2. The minimum Gasteiger partial charge on any atom is -0.452 e. The van der Waals surface area contributed by atoms with E-state index in [1.54, 1.807) is 4.90 Å². The largest absolute Gasteiger partial charge is 0.452 e. The van der Waals surface area contributed by atoms with Gasteiger partial charge >= 0.3 is 6.09 Å². The zero-order chi connectivity index (χ0) is 11.4. The van der Waals surface area contributed by atoms with Crippen LogP contribution in [0.1, 0.15) is 13.3 Å². The third-order valence-electron chi connectivity index (χ3n) is 2.35. The normalized spacial score (nSPS) is 20.6. The van der Waals surface area contributed by atoms with E-state index in [4.69, 9.17) is 0 Å². The molecule has 1 aliphatic rings. The van der Waals surface area contributed by atoms with E-state index in [1.807, 2.05) is 22.9 Å². The summed E-state index contributed by atoms with van der Waals surface area (Å²) in [5, 5.41) is 0. The van der Waals surface area contributed by atoms with Crippen molar-refractivity contribution in [3.63, 3.8) is 0 Å². The van der Waals surface area contributed by atoms with Crippen LogP contribution in [0.4, 0.5) is 4.79 Å². The maximum Gasteiger partial charge on any atom is 0.418 e. The molecule has 0 aliphatic carbocycles. The molecule has 0 bridgehead atoms. The average Bonchev–Trinajstić information content (AvgIpc) is 2.52. The smallest absolute Gasteiger partial charge is 0.418 e. The molecule has 15 heavy (non-hydrogen) atoms. The highest BCUT2D eigenvalue weighted by Crippen LogP contribution is 2.16. The number of halogens is 1. The lowest BCUT2D eigenvalue weighted by Crippen LogP contribution is -2.34. The van der Waals surface area contributed by atoms with Gasteiger partial charge in [0.15, 0.2) is 0 Å². The summed E-state index contributed by atoms with van der Waals surface area (Å²) in [7, 11) is 1.34. The molecule has 0 N–H and O–H groups in total. The van der Waals surface area contributed by atoms with Crippen LogP contribution in [0.5, 0.6) is 0 Å².